The summed E-state index contributed by atoms with van der Waals surface area (Å²) in [6.45, 7) is 16.4. The maximum atomic E-state index is 11.9. The second-order valence-electron chi connectivity index (χ2n) is 9.98. The molecule has 2 fully saturated rings. The molecule has 0 N–H and O–H groups in total. The van der Waals surface area contributed by atoms with Gasteiger partial charge in [-0.15, -0.1) is 23.2 Å². The van der Waals surface area contributed by atoms with E-state index in [-0.39, 0.29) is 36.1 Å². The van der Waals surface area contributed by atoms with Crippen LogP contribution in [0.4, 0.5) is 9.59 Å². The normalized spacial score (nSPS) is 29.7. The molecule has 166 valence electrons. The molecule has 3 rings (SSSR count). The van der Waals surface area contributed by atoms with Crippen LogP contribution in [-0.2, 0) is 9.47 Å². The van der Waals surface area contributed by atoms with Crippen molar-refractivity contribution in [2.75, 3.05) is 13.1 Å². The predicted octanol–water partition coefficient (Wildman–Crippen LogP) is 5.23. The van der Waals surface area contributed by atoms with Crippen LogP contribution in [-0.4, -0.2) is 62.7 Å². The Morgan fingerprint density at radius 1 is 0.966 bits per heavy atom. The number of nitrogens with zero attached hydrogens (tertiary/aromatic N) is 2. The maximum Gasteiger partial charge on any atom is 0.411 e. The minimum atomic E-state index is -0.627. The zero-order valence-electron chi connectivity index (χ0n) is 18.7. The van der Waals surface area contributed by atoms with E-state index in [1.165, 1.54) is 0 Å². The van der Waals surface area contributed by atoms with Gasteiger partial charge in [-0.05, 0) is 55.4 Å². The summed E-state index contributed by atoms with van der Waals surface area (Å²) in [6, 6.07) is 0.227. The van der Waals surface area contributed by atoms with Gasteiger partial charge in [0.25, 0.3) is 0 Å². The Morgan fingerprint density at radius 3 is 1.79 bits per heavy atom. The van der Waals surface area contributed by atoms with Crippen molar-refractivity contribution in [3.05, 3.63) is 12.2 Å². The first kappa shape index (κ1) is 24.1. The number of carbonyl (C=O) groups excluding carboxylic acids is 2. The van der Waals surface area contributed by atoms with Gasteiger partial charge in [0.05, 0.1) is 6.04 Å². The molecule has 3 aliphatic rings. The van der Waals surface area contributed by atoms with Crippen molar-refractivity contribution >= 4 is 35.4 Å². The highest BCUT2D eigenvalue weighted by Gasteiger charge is 2.71. The molecular formula is C21H34Cl2N2O4. The van der Waals surface area contributed by atoms with Gasteiger partial charge >= 0.3 is 12.2 Å². The summed E-state index contributed by atoms with van der Waals surface area (Å²) in [5.74, 6) is 0.404. The highest BCUT2D eigenvalue weighted by molar-refractivity contribution is 6.51. The summed E-state index contributed by atoms with van der Waals surface area (Å²) in [4.78, 5) is 26.8. The lowest BCUT2D eigenvalue weighted by Crippen LogP contribution is -2.42. The monoisotopic (exact) mass is 448 g/mol. The van der Waals surface area contributed by atoms with E-state index < -0.39 is 15.5 Å². The minimum absolute atomic E-state index is 0.0647. The van der Waals surface area contributed by atoms with Gasteiger partial charge in [0.2, 0.25) is 0 Å². The number of halogens is 2. The van der Waals surface area contributed by atoms with Crippen LogP contribution >= 0.6 is 23.2 Å². The van der Waals surface area contributed by atoms with Crippen LogP contribution < -0.4 is 0 Å². The molecule has 8 heteroatoms. The van der Waals surface area contributed by atoms with E-state index in [2.05, 4.69) is 0 Å². The van der Waals surface area contributed by atoms with E-state index in [1.807, 2.05) is 67.5 Å². The first-order valence-corrected chi connectivity index (χ1v) is 10.8. The number of likely N-dealkylation sites (tertiary alicyclic amines) is 1. The van der Waals surface area contributed by atoms with Crippen LogP contribution in [0.5, 0.6) is 0 Å². The van der Waals surface area contributed by atoms with Gasteiger partial charge < -0.3 is 14.4 Å². The minimum Gasteiger partial charge on any atom is -0.444 e. The first-order valence-electron chi connectivity index (χ1n) is 10.1. The predicted molar refractivity (Wildman–Crippen MR) is 115 cm³/mol. The van der Waals surface area contributed by atoms with E-state index in [0.29, 0.717) is 13.1 Å². The maximum absolute atomic E-state index is 11.9. The Bertz CT molecular complexity index is 667. The van der Waals surface area contributed by atoms with Crippen molar-refractivity contribution in [1.82, 2.24) is 9.80 Å². The standard InChI is InChI=1S/C11H17Cl2NO2.C10H17NO2/c1-6-8-7(11(8,12)13)5-14(6)9(15)16-10(2,3)4;1-8-6-5-7-11(8)9(12)13-10(2,3)4/h6-8H,5H2,1-4H3;5-6,8H,7H2,1-4H3/t6-,7+,8-;8-/m11/s1. The summed E-state index contributed by atoms with van der Waals surface area (Å²) in [5, 5.41) is 0. The van der Waals surface area contributed by atoms with E-state index in [0.717, 1.165) is 0 Å². The quantitative estimate of drug-likeness (QED) is 0.376. The Hall–Kier alpha value is -1.14. The van der Waals surface area contributed by atoms with E-state index in [1.54, 1.807) is 9.80 Å². The molecule has 0 radical (unpaired) electrons. The summed E-state index contributed by atoms with van der Waals surface area (Å²) in [7, 11) is 0. The molecule has 1 saturated carbocycles. The van der Waals surface area contributed by atoms with Crippen LogP contribution in [0.3, 0.4) is 0 Å². The molecule has 0 aromatic heterocycles. The fourth-order valence-corrected chi connectivity index (χ4v) is 4.60. The van der Waals surface area contributed by atoms with Crippen molar-refractivity contribution in [2.45, 2.75) is 83.0 Å². The lowest BCUT2D eigenvalue weighted by atomic mass is 10.2. The molecule has 6 nitrogen and oxygen atoms in total. The highest BCUT2D eigenvalue weighted by Crippen LogP contribution is 2.65. The number of hydrogen-bond acceptors (Lipinski definition) is 4. The molecule has 0 aromatic rings. The fourth-order valence-electron chi connectivity index (χ4n) is 3.65. The molecule has 0 bridgehead atoms. The average Bonchev–Trinajstić information content (AvgIpc) is 2.86. The largest absolute Gasteiger partial charge is 0.444 e. The number of carbonyl (C=O) groups is 2. The lowest BCUT2D eigenvalue weighted by molar-refractivity contribution is 0.0204. The zero-order valence-corrected chi connectivity index (χ0v) is 20.2. The van der Waals surface area contributed by atoms with Crippen LogP contribution in [0, 0.1) is 11.8 Å². The number of ether oxygens (including phenoxy) is 2. The summed E-state index contributed by atoms with van der Waals surface area (Å²) in [5.41, 5.74) is -0.859. The SMILES string of the molecule is C[C@@H]1C=CCN1C(=O)OC(C)(C)C.C[C@@H]1[C@@H]2[C@H](CN1C(=O)OC(C)(C)C)C2(Cl)Cl. The lowest BCUT2D eigenvalue weighted by Gasteiger charge is -2.30. The van der Waals surface area contributed by atoms with E-state index >= 15 is 0 Å². The molecule has 2 amide bonds. The van der Waals surface area contributed by atoms with Crippen molar-refractivity contribution in [1.29, 1.82) is 0 Å². The molecule has 0 spiro atoms. The van der Waals surface area contributed by atoms with Crippen LogP contribution in [0.2, 0.25) is 0 Å². The smallest absolute Gasteiger partial charge is 0.411 e. The second-order valence-corrected chi connectivity index (χ2v) is 11.4. The first-order chi connectivity index (χ1) is 13.0. The average molecular weight is 449 g/mol. The number of fused-ring (bicyclic) bond motifs is 1. The Kier molecular flexibility index (Phi) is 6.81. The molecule has 2 heterocycles. The summed E-state index contributed by atoms with van der Waals surface area (Å²) in [6.07, 6.45) is 3.49. The van der Waals surface area contributed by atoms with Gasteiger partial charge in [-0.25, -0.2) is 9.59 Å². The molecule has 1 saturated heterocycles. The highest BCUT2D eigenvalue weighted by atomic mass is 35.5. The third-order valence-electron chi connectivity index (χ3n) is 5.13. The number of hydrogen-bond donors (Lipinski definition) is 0. The Labute approximate surface area is 184 Å². The van der Waals surface area contributed by atoms with Crippen molar-refractivity contribution < 1.29 is 19.1 Å². The van der Waals surface area contributed by atoms with Gasteiger partial charge in [-0.2, -0.15) is 0 Å². The third-order valence-corrected chi connectivity index (χ3v) is 6.20. The van der Waals surface area contributed by atoms with Gasteiger partial charge in [0.1, 0.15) is 15.5 Å². The van der Waals surface area contributed by atoms with Gasteiger partial charge in [-0.3, -0.25) is 4.90 Å². The van der Waals surface area contributed by atoms with Gasteiger partial charge in [0, 0.05) is 31.0 Å². The second kappa shape index (κ2) is 8.18. The van der Waals surface area contributed by atoms with E-state index in [9.17, 15) is 9.59 Å². The summed E-state index contributed by atoms with van der Waals surface area (Å²) < 4.78 is 9.94. The third kappa shape index (κ3) is 5.94. The molecule has 0 unspecified atom stereocenters. The Morgan fingerprint density at radius 2 is 1.45 bits per heavy atom. The van der Waals surface area contributed by atoms with Crippen LogP contribution in [0.25, 0.3) is 0 Å². The Balaban J connectivity index is 0.000000212. The molecule has 4 atom stereocenters. The number of amides is 2. The van der Waals surface area contributed by atoms with Crippen molar-refractivity contribution in [3.8, 4) is 0 Å². The van der Waals surface area contributed by atoms with Crippen LogP contribution in [0.15, 0.2) is 12.2 Å². The number of rotatable bonds is 0. The molecule has 1 aliphatic carbocycles. The molecular weight excluding hydrogens is 415 g/mol. The van der Waals surface area contributed by atoms with Gasteiger partial charge in [-0.1, -0.05) is 12.2 Å². The molecule has 2 aliphatic heterocycles. The van der Waals surface area contributed by atoms with Crippen LogP contribution in [0.1, 0.15) is 55.4 Å². The topological polar surface area (TPSA) is 59.1 Å². The number of alkyl halides is 2. The zero-order chi connectivity index (χ0) is 22.4. The molecule has 29 heavy (non-hydrogen) atoms. The fraction of sp³-hybridized carbons (Fsp3) is 0.810. The van der Waals surface area contributed by atoms with E-state index in [4.69, 9.17) is 32.7 Å². The number of piperidine rings is 1. The van der Waals surface area contributed by atoms with Crippen molar-refractivity contribution in [3.63, 3.8) is 0 Å². The summed E-state index contributed by atoms with van der Waals surface area (Å²) >= 11 is 12.2. The van der Waals surface area contributed by atoms with Crippen molar-refractivity contribution in [2.24, 2.45) is 11.8 Å². The molecule has 0 aromatic carbocycles. The van der Waals surface area contributed by atoms with Gasteiger partial charge in [0.15, 0.2) is 0 Å².